The molecule has 0 N–H and O–H groups in total. The van der Waals surface area contributed by atoms with Gasteiger partial charge in [-0.1, -0.05) is 26.2 Å². The number of rotatable bonds is 7. The molecule has 1 saturated carbocycles. The second kappa shape index (κ2) is 7.98. The van der Waals surface area contributed by atoms with Crippen molar-refractivity contribution in [2.24, 2.45) is 5.92 Å². The quantitative estimate of drug-likeness (QED) is 0.715. The van der Waals surface area contributed by atoms with Gasteiger partial charge in [-0.25, -0.2) is 4.68 Å². The standard InChI is InChI=1S/C15H25N5/c1-2-3-6-13-7-9-14(10-8-13)15-17-18-19-20(15)12-5-4-11-16/h13-14H,2-10,12H2,1H3. The van der Waals surface area contributed by atoms with E-state index in [1.54, 1.807) is 0 Å². The highest BCUT2D eigenvalue weighted by Crippen LogP contribution is 2.36. The smallest absolute Gasteiger partial charge is 0.154 e. The van der Waals surface area contributed by atoms with Crippen molar-refractivity contribution in [3.8, 4) is 6.07 Å². The van der Waals surface area contributed by atoms with Crippen LogP contribution in [0.15, 0.2) is 0 Å². The fraction of sp³-hybridized carbons (Fsp3) is 0.867. The highest BCUT2D eigenvalue weighted by atomic mass is 15.5. The fourth-order valence-corrected chi connectivity index (χ4v) is 3.17. The highest BCUT2D eigenvalue weighted by Gasteiger charge is 2.25. The molecule has 0 radical (unpaired) electrons. The normalized spacial score (nSPS) is 22.6. The number of tetrazole rings is 1. The van der Waals surface area contributed by atoms with Gasteiger partial charge in [-0.2, -0.15) is 5.26 Å². The van der Waals surface area contributed by atoms with Crippen LogP contribution in [0.2, 0.25) is 0 Å². The third kappa shape index (κ3) is 4.03. The summed E-state index contributed by atoms with van der Waals surface area (Å²) in [6.07, 6.45) is 10.5. The number of hydrogen-bond acceptors (Lipinski definition) is 4. The van der Waals surface area contributed by atoms with E-state index in [0.29, 0.717) is 12.3 Å². The van der Waals surface area contributed by atoms with E-state index in [9.17, 15) is 0 Å². The molecule has 5 heteroatoms. The summed E-state index contributed by atoms with van der Waals surface area (Å²) in [5.41, 5.74) is 0. The molecular weight excluding hydrogens is 250 g/mol. The average molecular weight is 275 g/mol. The van der Waals surface area contributed by atoms with Gasteiger partial charge in [0.25, 0.3) is 0 Å². The van der Waals surface area contributed by atoms with Gasteiger partial charge < -0.3 is 0 Å². The second-order valence-electron chi connectivity index (χ2n) is 5.88. The largest absolute Gasteiger partial charge is 0.229 e. The van der Waals surface area contributed by atoms with Gasteiger partial charge in [-0.05, 0) is 48.4 Å². The van der Waals surface area contributed by atoms with Gasteiger partial charge in [0, 0.05) is 18.9 Å². The van der Waals surface area contributed by atoms with E-state index < -0.39 is 0 Å². The molecule has 1 aromatic heterocycles. The zero-order valence-electron chi connectivity index (χ0n) is 12.5. The summed E-state index contributed by atoms with van der Waals surface area (Å²) >= 11 is 0. The molecule has 1 aliphatic rings. The SMILES string of the molecule is CCCCC1CCC(c2nnnn2CCCC#N)CC1. The van der Waals surface area contributed by atoms with Crippen LogP contribution in [0.25, 0.3) is 0 Å². The minimum absolute atomic E-state index is 0.518. The minimum Gasteiger partial charge on any atom is -0.229 e. The first-order valence-electron chi connectivity index (χ1n) is 7.98. The van der Waals surface area contributed by atoms with Gasteiger partial charge in [0.2, 0.25) is 0 Å². The molecule has 1 fully saturated rings. The Bertz CT molecular complexity index is 426. The van der Waals surface area contributed by atoms with Gasteiger partial charge in [0.15, 0.2) is 5.82 Å². The Hall–Kier alpha value is -1.44. The lowest BCUT2D eigenvalue weighted by atomic mass is 9.79. The highest BCUT2D eigenvalue weighted by molar-refractivity contribution is 4.96. The van der Waals surface area contributed by atoms with Gasteiger partial charge in [0.05, 0.1) is 6.07 Å². The summed E-state index contributed by atoms with van der Waals surface area (Å²) in [7, 11) is 0. The number of aryl methyl sites for hydroxylation is 1. The summed E-state index contributed by atoms with van der Waals surface area (Å²) in [4.78, 5) is 0. The zero-order valence-corrected chi connectivity index (χ0v) is 12.5. The molecule has 0 amide bonds. The van der Waals surface area contributed by atoms with Crippen molar-refractivity contribution in [3.05, 3.63) is 5.82 Å². The molecule has 0 aromatic carbocycles. The molecule has 1 aliphatic carbocycles. The van der Waals surface area contributed by atoms with E-state index in [1.165, 1.54) is 44.9 Å². The molecule has 0 bridgehead atoms. The van der Waals surface area contributed by atoms with Crippen LogP contribution in [-0.2, 0) is 6.54 Å². The molecule has 2 rings (SSSR count). The average Bonchev–Trinajstić information content (AvgIpc) is 2.94. The molecule has 0 saturated heterocycles. The van der Waals surface area contributed by atoms with Crippen LogP contribution in [0.3, 0.4) is 0 Å². The molecule has 110 valence electrons. The monoisotopic (exact) mass is 275 g/mol. The van der Waals surface area contributed by atoms with Crippen LogP contribution in [0.4, 0.5) is 0 Å². The predicted octanol–water partition coefficient (Wildman–Crippen LogP) is 3.44. The molecule has 0 unspecified atom stereocenters. The number of hydrogen-bond donors (Lipinski definition) is 0. The number of nitriles is 1. The first kappa shape index (κ1) is 15.0. The van der Waals surface area contributed by atoms with Crippen LogP contribution < -0.4 is 0 Å². The number of nitrogens with zero attached hydrogens (tertiary/aromatic N) is 5. The Kier molecular flexibility index (Phi) is 5.97. The van der Waals surface area contributed by atoms with Crippen LogP contribution in [-0.4, -0.2) is 20.2 Å². The van der Waals surface area contributed by atoms with E-state index >= 15 is 0 Å². The van der Waals surface area contributed by atoms with Crippen LogP contribution in [0.5, 0.6) is 0 Å². The van der Waals surface area contributed by atoms with Crippen LogP contribution in [0.1, 0.15) is 76.5 Å². The summed E-state index contributed by atoms with van der Waals surface area (Å²) < 4.78 is 1.91. The van der Waals surface area contributed by atoms with E-state index in [4.69, 9.17) is 5.26 Å². The van der Waals surface area contributed by atoms with Crippen LogP contribution >= 0.6 is 0 Å². The Morgan fingerprint density at radius 2 is 2.05 bits per heavy atom. The summed E-state index contributed by atoms with van der Waals surface area (Å²) in [6, 6.07) is 2.17. The minimum atomic E-state index is 0.518. The molecule has 20 heavy (non-hydrogen) atoms. The van der Waals surface area contributed by atoms with Crippen molar-refractivity contribution >= 4 is 0 Å². The third-order valence-corrected chi connectivity index (χ3v) is 4.40. The molecular formula is C15H25N5. The number of aromatic nitrogens is 4. The molecule has 1 heterocycles. The predicted molar refractivity (Wildman–Crippen MR) is 76.9 cm³/mol. The summed E-state index contributed by atoms with van der Waals surface area (Å²) in [5, 5.41) is 20.7. The van der Waals surface area contributed by atoms with Crippen molar-refractivity contribution in [3.63, 3.8) is 0 Å². The van der Waals surface area contributed by atoms with Gasteiger partial charge in [-0.15, -0.1) is 5.10 Å². The maximum Gasteiger partial charge on any atom is 0.154 e. The van der Waals surface area contributed by atoms with E-state index in [-0.39, 0.29) is 0 Å². The van der Waals surface area contributed by atoms with Crippen molar-refractivity contribution in [2.75, 3.05) is 0 Å². The molecule has 5 nitrogen and oxygen atoms in total. The zero-order chi connectivity index (χ0) is 14.2. The van der Waals surface area contributed by atoms with E-state index in [0.717, 1.165) is 24.7 Å². The maximum absolute atomic E-state index is 8.60. The molecule has 1 aromatic rings. The summed E-state index contributed by atoms with van der Waals surface area (Å²) in [5.74, 6) is 2.47. The topological polar surface area (TPSA) is 67.4 Å². The lowest BCUT2D eigenvalue weighted by molar-refractivity contribution is 0.292. The van der Waals surface area contributed by atoms with Crippen molar-refractivity contribution in [2.45, 2.75) is 77.2 Å². The lowest BCUT2D eigenvalue weighted by Gasteiger charge is -2.27. The first-order valence-corrected chi connectivity index (χ1v) is 7.98. The van der Waals surface area contributed by atoms with Gasteiger partial charge >= 0.3 is 0 Å². The van der Waals surface area contributed by atoms with Gasteiger partial charge in [0.1, 0.15) is 0 Å². The first-order chi connectivity index (χ1) is 9.85. The molecule has 0 atom stereocenters. The summed E-state index contributed by atoms with van der Waals surface area (Å²) in [6.45, 7) is 3.03. The van der Waals surface area contributed by atoms with Gasteiger partial charge in [-0.3, -0.25) is 0 Å². The Balaban J connectivity index is 1.84. The Labute approximate surface area is 121 Å². The Morgan fingerprint density at radius 1 is 1.25 bits per heavy atom. The van der Waals surface area contributed by atoms with Crippen LogP contribution in [0, 0.1) is 17.2 Å². The van der Waals surface area contributed by atoms with Crippen molar-refractivity contribution in [1.82, 2.24) is 20.2 Å². The number of unbranched alkanes of at least 4 members (excludes halogenated alkanes) is 2. The fourth-order valence-electron chi connectivity index (χ4n) is 3.17. The van der Waals surface area contributed by atoms with E-state index in [2.05, 4.69) is 28.5 Å². The molecule has 0 spiro atoms. The van der Waals surface area contributed by atoms with Crippen molar-refractivity contribution < 1.29 is 0 Å². The molecule has 0 aliphatic heterocycles. The van der Waals surface area contributed by atoms with Crippen molar-refractivity contribution in [1.29, 1.82) is 5.26 Å². The third-order valence-electron chi connectivity index (χ3n) is 4.40. The lowest BCUT2D eigenvalue weighted by Crippen LogP contribution is -2.17. The second-order valence-corrected chi connectivity index (χ2v) is 5.88. The van der Waals surface area contributed by atoms with E-state index in [1.807, 2.05) is 4.68 Å². The maximum atomic E-state index is 8.60. The Morgan fingerprint density at radius 3 is 2.75 bits per heavy atom.